The molecule has 0 aliphatic rings. The van der Waals surface area contributed by atoms with Crippen LogP contribution in [0.3, 0.4) is 0 Å². The number of allylic oxidation sites excluding steroid dienone is 17. The topological polar surface area (TPSA) is 78.9 Å². The number of rotatable bonds is 58. The Morgan fingerprint density at radius 3 is 0.909 bits per heavy atom. The molecule has 77 heavy (non-hydrogen) atoms. The molecule has 0 heterocycles. The van der Waals surface area contributed by atoms with Crippen molar-refractivity contribution in [3.63, 3.8) is 0 Å². The van der Waals surface area contributed by atoms with Gasteiger partial charge in [-0.3, -0.25) is 14.4 Å². The summed E-state index contributed by atoms with van der Waals surface area (Å²) >= 11 is 0. The molecule has 440 valence electrons. The highest BCUT2D eigenvalue weighted by Gasteiger charge is 2.19. The van der Waals surface area contributed by atoms with Crippen molar-refractivity contribution in [1.82, 2.24) is 0 Å². The largest absolute Gasteiger partial charge is 0.462 e. The van der Waals surface area contributed by atoms with Gasteiger partial charge in [-0.05, 0) is 83.5 Å². The van der Waals surface area contributed by atoms with Crippen LogP contribution in [0.4, 0.5) is 0 Å². The molecule has 0 bridgehead atoms. The molecule has 0 spiro atoms. The van der Waals surface area contributed by atoms with E-state index in [1.54, 1.807) is 6.08 Å². The molecule has 0 aromatic rings. The van der Waals surface area contributed by atoms with E-state index in [-0.39, 0.29) is 31.6 Å². The van der Waals surface area contributed by atoms with E-state index in [9.17, 15) is 14.4 Å². The fourth-order valence-electron chi connectivity index (χ4n) is 9.04. The zero-order valence-corrected chi connectivity index (χ0v) is 50.4. The van der Waals surface area contributed by atoms with Crippen LogP contribution in [-0.2, 0) is 28.6 Å². The lowest BCUT2D eigenvalue weighted by Gasteiger charge is -2.18. The Morgan fingerprint density at radius 1 is 0.286 bits per heavy atom. The van der Waals surface area contributed by atoms with Gasteiger partial charge in [-0.25, -0.2) is 0 Å². The molecule has 0 radical (unpaired) electrons. The summed E-state index contributed by atoms with van der Waals surface area (Å²) in [5.41, 5.74) is 0. The molecule has 0 aromatic heterocycles. The number of ether oxygens (including phenoxy) is 3. The molecule has 6 heteroatoms. The van der Waals surface area contributed by atoms with Crippen molar-refractivity contribution < 1.29 is 28.6 Å². The SMILES string of the molecule is CC/C=C\C/C=C\C/C=C\C/C=C\C/C=C\CC(=O)OCC(COC(=O)CCCCCCCCCCCCCCCC/C=C\C/C=C\C/C=C\C/C=C\CC)OC(=O)CCCCCCCCCCCCCCCCCCC. The first kappa shape index (κ1) is 73.1. The van der Waals surface area contributed by atoms with Crippen molar-refractivity contribution in [2.45, 2.75) is 309 Å². The van der Waals surface area contributed by atoms with Crippen LogP contribution in [0.25, 0.3) is 0 Å². The van der Waals surface area contributed by atoms with E-state index in [1.165, 1.54) is 167 Å². The average molecular weight is 1070 g/mol. The number of hydrogen-bond donors (Lipinski definition) is 0. The van der Waals surface area contributed by atoms with Crippen molar-refractivity contribution in [3.8, 4) is 0 Å². The predicted octanol–water partition coefficient (Wildman–Crippen LogP) is 22.2. The van der Waals surface area contributed by atoms with Crippen LogP contribution in [-0.4, -0.2) is 37.2 Å². The molecule has 0 saturated heterocycles. The number of carbonyl (C=O) groups excluding carboxylic acids is 3. The van der Waals surface area contributed by atoms with Crippen LogP contribution in [0.1, 0.15) is 303 Å². The standard InChI is InChI=1S/C71H120O6/c1-4-7-10-13-16-19-22-25-28-30-31-32-33-34-35-36-37-38-39-41-43-46-49-52-55-58-61-64-70(73)76-67-68(66-75-69(72)63-60-57-54-51-48-45-42-27-24-21-18-15-12-9-6-3)77-71(74)65-62-59-56-53-50-47-44-40-29-26-23-20-17-14-11-8-5-2/h7,9-10,12,16,18-19,21,25,27-28,31-32,42,48,51,57,60,68H,4-6,8,11,13-15,17,20,22-24,26,29-30,33-41,43-47,49-50,52-56,58-59,61-67H2,1-3H3/b10-7-,12-9-,19-16-,21-18-,28-25-,32-31-,42-27-,51-48-,60-57-. The van der Waals surface area contributed by atoms with Gasteiger partial charge in [0.05, 0.1) is 6.42 Å². The van der Waals surface area contributed by atoms with Crippen molar-refractivity contribution in [1.29, 1.82) is 0 Å². The van der Waals surface area contributed by atoms with Crippen molar-refractivity contribution in [3.05, 3.63) is 109 Å². The monoisotopic (exact) mass is 1070 g/mol. The number of hydrogen-bond acceptors (Lipinski definition) is 6. The van der Waals surface area contributed by atoms with E-state index in [0.717, 1.165) is 96.3 Å². The van der Waals surface area contributed by atoms with Gasteiger partial charge >= 0.3 is 17.9 Å². The fourth-order valence-corrected chi connectivity index (χ4v) is 9.04. The lowest BCUT2D eigenvalue weighted by Crippen LogP contribution is -2.30. The molecule has 0 fully saturated rings. The van der Waals surface area contributed by atoms with Crippen LogP contribution in [0.5, 0.6) is 0 Å². The second-order valence-corrected chi connectivity index (χ2v) is 21.3. The van der Waals surface area contributed by atoms with E-state index in [2.05, 4.69) is 118 Å². The van der Waals surface area contributed by atoms with Crippen molar-refractivity contribution >= 4 is 17.9 Å². The summed E-state index contributed by atoms with van der Waals surface area (Å²) in [4.78, 5) is 38.3. The summed E-state index contributed by atoms with van der Waals surface area (Å²) in [7, 11) is 0. The zero-order chi connectivity index (χ0) is 55.7. The maximum atomic E-state index is 12.9. The van der Waals surface area contributed by atoms with Gasteiger partial charge < -0.3 is 14.2 Å². The van der Waals surface area contributed by atoms with E-state index in [1.807, 2.05) is 6.08 Å². The van der Waals surface area contributed by atoms with Crippen LogP contribution < -0.4 is 0 Å². The Kier molecular flexibility index (Phi) is 61.3. The second-order valence-electron chi connectivity index (χ2n) is 21.3. The molecule has 0 aliphatic carbocycles. The normalized spacial score (nSPS) is 12.8. The first-order chi connectivity index (χ1) is 38.0. The highest BCUT2D eigenvalue weighted by Crippen LogP contribution is 2.17. The number of esters is 3. The van der Waals surface area contributed by atoms with Gasteiger partial charge in [0.25, 0.3) is 0 Å². The quantitative estimate of drug-likeness (QED) is 0.0261. The fraction of sp³-hybridized carbons (Fsp3) is 0.704. The van der Waals surface area contributed by atoms with Crippen LogP contribution in [0.15, 0.2) is 109 Å². The van der Waals surface area contributed by atoms with Gasteiger partial charge in [0, 0.05) is 12.8 Å². The first-order valence-electron chi connectivity index (χ1n) is 32.4. The molecule has 0 aromatic carbocycles. The van der Waals surface area contributed by atoms with E-state index in [4.69, 9.17) is 14.2 Å². The summed E-state index contributed by atoms with van der Waals surface area (Å²) in [6, 6.07) is 0. The Bertz CT molecular complexity index is 1560. The summed E-state index contributed by atoms with van der Waals surface area (Å²) in [6.45, 7) is 6.36. The lowest BCUT2D eigenvalue weighted by atomic mass is 10.0. The average Bonchev–Trinajstić information content (AvgIpc) is 3.43. The van der Waals surface area contributed by atoms with Gasteiger partial charge in [0.15, 0.2) is 6.10 Å². The molecule has 1 atom stereocenters. The Balaban J connectivity index is 4.35. The Morgan fingerprint density at radius 2 is 0.558 bits per heavy atom. The molecule has 0 saturated carbocycles. The third kappa shape index (κ3) is 62.8. The van der Waals surface area contributed by atoms with Gasteiger partial charge in [0.1, 0.15) is 13.2 Å². The molecular weight excluding hydrogens is 949 g/mol. The summed E-state index contributed by atoms with van der Waals surface area (Å²) in [6.07, 6.45) is 88.4. The van der Waals surface area contributed by atoms with Gasteiger partial charge in [-0.1, -0.05) is 310 Å². The summed E-state index contributed by atoms with van der Waals surface area (Å²) < 4.78 is 16.8. The third-order valence-electron chi connectivity index (χ3n) is 13.8. The summed E-state index contributed by atoms with van der Waals surface area (Å²) in [5.74, 6) is -1.03. The van der Waals surface area contributed by atoms with Crippen molar-refractivity contribution in [2.75, 3.05) is 13.2 Å². The second kappa shape index (κ2) is 64.6. The van der Waals surface area contributed by atoms with Gasteiger partial charge in [0.2, 0.25) is 0 Å². The molecule has 6 nitrogen and oxygen atoms in total. The number of carbonyl (C=O) groups is 3. The van der Waals surface area contributed by atoms with Gasteiger partial charge in [-0.2, -0.15) is 0 Å². The predicted molar refractivity (Wildman–Crippen MR) is 334 cm³/mol. The lowest BCUT2D eigenvalue weighted by molar-refractivity contribution is -0.166. The Hall–Kier alpha value is -3.93. The van der Waals surface area contributed by atoms with Gasteiger partial charge in [-0.15, -0.1) is 0 Å². The first-order valence-corrected chi connectivity index (χ1v) is 32.4. The minimum atomic E-state index is -0.818. The van der Waals surface area contributed by atoms with E-state index >= 15 is 0 Å². The van der Waals surface area contributed by atoms with Crippen LogP contribution in [0, 0.1) is 0 Å². The van der Waals surface area contributed by atoms with Crippen molar-refractivity contribution in [2.24, 2.45) is 0 Å². The molecule has 1 unspecified atom stereocenters. The molecular formula is C71H120O6. The van der Waals surface area contributed by atoms with Crippen LogP contribution >= 0.6 is 0 Å². The molecule has 0 amide bonds. The third-order valence-corrected chi connectivity index (χ3v) is 13.8. The Labute approximate surface area is 476 Å². The smallest absolute Gasteiger partial charge is 0.309 e. The van der Waals surface area contributed by atoms with E-state index < -0.39 is 12.1 Å². The number of unbranched alkanes of at least 4 members (excludes halogenated alkanes) is 30. The molecule has 0 aliphatic heterocycles. The summed E-state index contributed by atoms with van der Waals surface area (Å²) in [5, 5.41) is 0. The maximum absolute atomic E-state index is 12.9. The maximum Gasteiger partial charge on any atom is 0.309 e. The zero-order valence-electron chi connectivity index (χ0n) is 50.4. The minimum absolute atomic E-state index is 0.106. The van der Waals surface area contributed by atoms with E-state index in [0.29, 0.717) is 12.8 Å². The highest BCUT2D eigenvalue weighted by atomic mass is 16.6. The molecule has 0 rings (SSSR count). The highest BCUT2D eigenvalue weighted by molar-refractivity contribution is 5.72. The minimum Gasteiger partial charge on any atom is -0.462 e. The molecule has 0 N–H and O–H groups in total. The van der Waals surface area contributed by atoms with Crippen LogP contribution in [0.2, 0.25) is 0 Å².